The first-order valence-corrected chi connectivity index (χ1v) is 10.7. The number of thioether (sulfide) groups is 1. The second-order valence-electron chi connectivity index (χ2n) is 7.19. The zero-order valence-electron chi connectivity index (χ0n) is 16.5. The molecule has 8 heteroatoms. The van der Waals surface area contributed by atoms with Gasteiger partial charge in [0, 0.05) is 37.2 Å². The molecule has 0 aliphatic heterocycles. The number of aryl methyl sites for hydroxylation is 1. The van der Waals surface area contributed by atoms with Crippen LogP contribution in [-0.4, -0.2) is 50.0 Å². The Morgan fingerprint density at radius 2 is 2.07 bits per heavy atom. The van der Waals surface area contributed by atoms with Crippen LogP contribution in [0.5, 0.6) is 0 Å². The molecule has 0 atom stereocenters. The zero-order valence-corrected chi connectivity index (χ0v) is 17.3. The number of aromatic nitrogens is 5. The summed E-state index contributed by atoms with van der Waals surface area (Å²) in [7, 11) is 1.71. The minimum atomic E-state index is 0.129. The third-order valence-corrected chi connectivity index (χ3v) is 6.25. The van der Waals surface area contributed by atoms with Crippen molar-refractivity contribution in [2.24, 2.45) is 0 Å². The van der Waals surface area contributed by atoms with Crippen molar-refractivity contribution in [3.8, 4) is 0 Å². The van der Waals surface area contributed by atoms with E-state index in [9.17, 15) is 4.79 Å². The van der Waals surface area contributed by atoms with Crippen molar-refractivity contribution >= 4 is 17.5 Å². The van der Waals surface area contributed by atoms with Crippen LogP contribution in [0.2, 0.25) is 0 Å². The van der Waals surface area contributed by atoms with Gasteiger partial charge in [-0.05, 0) is 49.6 Å². The largest absolute Gasteiger partial charge is 0.385 e. The maximum absolute atomic E-state index is 12.8. The number of tetrazole rings is 1. The van der Waals surface area contributed by atoms with Gasteiger partial charge in [-0.2, -0.15) is 0 Å². The first kappa shape index (κ1) is 20.1. The predicted octanol–water partition coefficient (Wildman–Crippen LogP) is 3.61. The molecule has 0 radical (unpaired) electrons. The molecule has 2 aromatic rings. The van der Waals surface area contributed by atoms with Gasteiger partial charge in [0.1, 0.15) is 0 Å². The number of nitrogens with zero attached hydrogens (tertiary/aromatic N) is 5. The lowest BCUT2D eigenvalue weighted by Crippen LogP contribution is -2.16. The summed E-state index contributed by atoms with van der Waals surface area (Å²) in [4.78, 5) is 12.8. The molecule has 7 nitrogen and oxygen atoms in total. The van der Waals surface area contributed by atoms with Gasteiger partial charge >= 0.3 is 0 Å². The SMILES string of the molecule is COCCCn1c(C)cc(C(=O)CSc2nnnn2C2CCCCC2)c1C. The van der Waals surface area contributed by atoms with Crippen LogP contribution in [0.15, 0.2) is 11.2 Å². The maximum atomic E-state index is 12.8. The second-order valence-corrected chi connectivity index (χ2v) is 8.14. The van der Waals surface area contributed by atoms with Gasteiger partial charge in [0.15, 0.2) is 5.78 Å². The third-order valence-electron chi connectivity index (χ3n) is 5.32. The molecule has 1 aliphatic rings. The number of carbonyl (C=O) groups excluding carboxylic acids is 1. The number of hydrogen-bond acceptors (Lipinski definition) is 6. The summed E-state index contributed by atoms with van der Waals surface area (Å²) in [6.45, 7) is 5.66. The molecule has 0 amide bonds. The highest BCUT2D eigenvalue weighted by atomic mass is 32.2. The smallest absolute Gasteiger partial charge is 0.210 e. The molecular weight excluding hydrogens is 362 g/mol. The number of carbonyl (C=O) groups is 1. The van der Waals surface area contributed by atoms with Crippen molar-refractivity contribution in [2.45, 2.75) is 70.1 Å². The Bertz CT molecular complexity index is 764. The lowest BCUT2D eigenvalue weighted by molar-refractivity contribution is 0.102. The van der Waals surface area contributed by atoms with E-state index in [1.165, 1.54) is 31.0 Å². The highest BCUT2D eigenvalue weighted by Crippen LogP contribution is 2.30. The van der Waals surface area contributed by atoms with Crippen molar-refractivity contribution in [1.29, 1.82) is 0 Å². The highest BCUT2D eigenvalue weighted by Gasteiger charge is 2.22. The molecule has 148 valence electrons. The van der Waals surface area contributed by atoms with E-state index in [2.05, 4.69) is 20.1 Å². The van der Waals surface area contributed by atoms with Gasteiger partial charge in [0.25, 0.3) is 0 Å². The van der Waals surface area contributed by atoms with Crippen LogP contribution in [0.4, 0.5) is 0 Å². The molecule has 3 rings (SSSR count). The molecule has 0 bridgehead atoms. The van der Waals surface area contributed by atoms with E-state index in [1.807, 2.05) is 24.6 Å². The summed E-state index contributed by atoms with van der Waals surface area (Å²) in [5, 5.41) is 12.9. The molecule has 0 unspecified atom stereocenters. The van der Waals surface area contributed by atoms with E-state index in [-0.39, 0.29) is 5.78 Å². The summed E-state index contributed by atoms with van der Waals surface area (Å²) < 4.78 is 9.25. The number of Topliss-reactive ketones (excluding diaryl/α,β-unsaturated/α-hetero) is 1. The van der Waals surface area contributed by atoms with Gasteiger partial charge in [-0.3, -0.25) is 4.79 Å². The summed E-state index contributed by atoms with van der Waals surface area (Å²) in [5.74, 6) is 0.486. The molecule has 0 aromatic carbocycles. The number of methoxy groups -OCH3 is 1. The van der Waals surface area contributed by atoms with Crippen LogP contribution in [0.3, 0.4) is 0 Å². The molecule has 27 heavy (non-hydrogen) atoms. The quantitative estimate of drug-likeness (QED) is 0.369. The van der Waals surface area contributed by atoms with Crippen molar-refractivity contribution < 1.29 is 9.53 Å². The molecule has 2 heterocycles. The first-order valence-electron chi connectivity index (χ1n) is 9.71. The molecule has 2 aromatic heterocycles. The van der Waals surface area contributed by atoms with Crippen LogP contribution in [-0.2, 0) is 11.3 Å². The third kappa shape index (κ3) is 4.79. The Kier molecular flexibility index (Phi) is 7.07. The zero-order chi connectivity index (χ0) is 19.2. The van der Waals surface area contributed by atoms with E-state index < -0.39 is 0 Å². The van der Waals surface area contributed by atoms with E-state index in [4.69, 9.17) is 4.74 Å². The van der Waals surface area contributed by atoms with E-state index in [0.717, 1.165) is 54.5 Å². The Morgan fingerprint density at radius 3 is 2.81 bits per heavy atom. The maximum Gasteiger partial charge on any atom is 0.210 e. The van der Waals surface area contributed by atoms with Crippen molar-refractivity contribution in [3.63, 3.8) is 0 Å². The van der Waals surface area contributed by atoms with Crippen LogP contribution >= 0.6 is 11.8 Å². The van der Waals surface area contributed by atoms with Crippen molar-refractivity contribution in [1.82, 2.24) is 24.8 Å². The number of ketones is 1. The Morgan fingerprint density at radius 1 is 1.30 bits per heavy atom. The van der Waals surface area contributed by atoms with Crippen LogP contribution < -0.4 is 0 Å². The second kappa shape index (κ2) is 9.50. The fourth-order valence-corrected chi connectivity index (χ4v) is 4.67. The van der Waals surface area contributed by atoms with Crippen molar-refractivity contribution in [3.05, 3.63) is 23.0 Å². The first-order chi connectivity index (χ1) is 13.1. The molecular formula is C19H29N5O2S. The molecule has 1 fully saturated rings. The highest BCUT2D eigenvalue weighted by molar-refractivity contribution is 7.99. The van der Waals surface area contributed by atoms with E-state index in [0.29, 0.717) is 11.8 Å². The van der Waals surface area contributed by atoms with Gasteiger partial charge < -0.3 is 9.30 Å². The van der Waals surface area contributed by atoms with Crippen LogP contribution in [0, 0.1) is 13.8 Å². The monoisotopic (exact) mass is 391 g/mol. The minimum Gasteiger partial charge on any atom is -0.385 e. The normalized spacial score (nSPS) is 15.4. The summed E-state index contributed by atoms with van der Waals surface area (Å²) >= 11 is 1.44. The Labute approximate surface area is 164 Å². The number of hydrogen-bond donors (Lipinski definition) is 0. The van der Waals surface area contributed by atoms with Crippen LogP contribution in [0.25, 0.3) is 0 Å². The molecule has 1 aliphatic carbocycles. The molecule has 0 spiro atoms. The topological polar surface area (TPSA) is 74.8 Å². The van der Waals surface area contributed by atoms with Gasteiger partial charge in [-0.1, -0.05) is 31.0 Å². The minimum absolute atomic E-state index is 0.129. The summed E-state index contributed by atoms with van der Waals surface area (Å²) in [5.41, 5.74) is 2.94. The van der Waals surface area contributed by atoms with Gasteiger partial charge in [0.2, 0.25) is 5.16 Å². The Balaban J connectivity index is 1.63. The van der Waals surface area contributed by atoms with Crippen LogP contribution in [0.1, 0.15) is 66.3 Å². The number of rotatable bonds is 9. The number of ether oxygens (including phenoxy) is 1. The van der Waals surface area contributed by atoms with E-state index in [1.54, 1.807) is 7.11 Å². The van der Waals surface area contributed by atoms with E-state index >= 15 is 0 Å². The average Bonchev–Trinajstić information content (AvgIpc) is 3.26. The van der Waals surface area contributed by atoms with Gasteiger partial charge in [-0.15, -0.1) is 5.10 Å². The van der Waals surface area contributed by atoms with Gasteiger partial charge in [-0.25, -0.2) is 4.68 Å². The lowest BCUT2D eigenvalue weighted by atomic mass is 9.96. The summed E-state index contributed by atoms with van der Waals surface area (Å²) in [6.07, 6.45) is 6.92. The summed E-state index contributed by atoms with van der Waals surface area (Å²) in [6, 6.07) is 2.37. The molecule has 1 saturated carbocycles. The fourth-order valence-electron chi connectivity index (χ4n) is 3.84. The average molecular weight is 392 g/mol. The van der Waals surface area contributed by atoms with Gasteiger partial charge in [0.05, 0.1) is 11.8 Å². The lowest BCUT2D eigenvalue weighted by Gasteiger charge is -2.21. The molecule has 0 saturated heterocycles. The fraction of sp³-hybridized carbons (Fsp3) is 0.684. The van der Waals surface area contributed by atoms with Crippen molar-refractivity contribution in [2.75, 3.05) is 19.5 Å². The predicted molar refractivity (Wildman–Crippen MR) is 105 cm³/mol. The Hall–Kier alpha value is -1.67. The standard InChI is InChI=1S/C19H29N5O2S/c1-14-12-17(15(2)23(14)10-7-11-26-3)18(25)13-27-19-20-21-22-24(19)16-8-5-4-6-9-16/h12,16H,4-11,13H2,1-3H3. The molecule has 0 N–H and O–H groups in total.